The third-order valence-corrected chi connectivity index (χ3v) is 9.66. The Morgan fingerprint density at radius 2 is 1.19 bits per heavy atom. The van der Waals surface area contributed by atoms with Gasteiger partial charge in [-0.05, 0) is 89.1 Å². The molecule has 0 bridgehead atoms. The lowest BCUT2D eigenvalue weighted by atomic mass is 10.0. The molecule has 0 aliphatic rings. The van der Waals surface area contributed by atoms with Crippen LogP contribution in [0.15, 0.2) is 104 Å². The predicted molar refractivity (Wildman–Crippen MR) is 233 cm³/mol. The maximum absolute atomic E-state index is 13.5. The smallest absolute Gasteiger partial charge is 0.327 e. The largest absolute Gasteiger partial charge is 0.417 e. The Labute approximate surface area is 364 Å². The molecule has 0 unspecified atom stereocenters. The number of alkyl halides is 6. The highest BCUT2D eigenvalue weighted by molar-refractivity contribution is 6.09. The van der Waals surface area contributed by atoms with E-state index < -0.39 is 29.4 Å². The van der Waals surface area contributed by atoms with E-state index in [1.807, 2.05) is 54.5 Å². The topological polar surface area (TPSA) is 144 Å². The Morgan fingerprint density at radius 3 is 1.73 bits per heavy atom. The molecular formula is C46H44F6N10O2. The number of benzene rings is 2. The normalized spacial score (nSPS) is 11.1. The number of hydrogen-bond acceptors (Lipinski definition) is 8. The van der Waals surface area contributed by atoms with Crippen LogP contribution in [-0.4, -0.2) is 51.5 Å². The fourth-order valence-electron chi connectivity index (χ4n) is 6.32. The summed E-state index contributed by atoms with van der Waals surface area (Å²) in [5, 5.41) is 13.9. The van der Waals surface area contributed by atoms with Crippen molar-refractivity contribution in [2.75, 3.05) is 10.6 Å². The van der Waals surface area contributed by atoms with Gasteiger partial charge >= 0.3 is 12.4 Å². The van der Waals surface area contributed by atoms with Crippen LogP contribution in [0.1, 0.15) is 69.1 Å². The molecule has 6 aromatic heterocycles. The summed E-state index contributed by atoms with van der Waals surface area (Å²) in [6.07, 6.45) is -0.256. The van der Waals surface area contributed by atoms with Gasteiger partial charge in [-0.25, -0.2) is 19.0 Å². The summed E-state index contributed by atoms with van der Waals surface area (Å²) in [5.74, 6) is -0.449. The molecule has 0 atom stereocenters. The van der Waals surface area contributed by atoms with Gasteiger partial charge in [-0.1, -0.05) is 50.2 Å². The van der Waals surface area contributed by atoms with E-state index in [-0.39, 0.29) is 28.0 Å². The van der Waals surface area contributed by atoms with E-state index in [0.29, 0.717) is 29.1 Å². The van der Waals surface area contributed by atoms with E-state index in [0.717, 1.165) is 45.9 Å². The van der Waals surface area contributed by atoms with Crippen molar-refractivity contribution < 1.29 is 35.9 Å². The van der Waals surface area contributed by atoms with Crippen molar-refractivity contribution in [3.05, 3.63) is 154 Å². The Balaban J connectivity index is 0.000000200. The van der Waals surface area contributed by atoms with E-state index in [1.165, 1.54) is 47.1 Å². The van der Waals surface area contributed by atoms with Gasteiger partial charge in [-0.15, -0.1) is 0 Å². The van der Waals surface area contributed by atoms with Gasteiger partial charge in [0.2, 0.25) is 6.41 Å². The lowest BCUT2D eigenvalue weighted by Crippen LogP contribution is -2.15. The van der Waals surface area contributed by atoms with E-state index in [4.69, 9.17) is 0 Å². The van der Waals surface area contributed by atoms with Crippen molar-refractivity contribution in [2.45, 2.75) is 67.7 Å². The highest BCUT2D eigenvalue weighted by Gasteiger charge is 2.35. The van der Waals surface area contributed by atoms with Gasteiger partial charge in [0.1, 0.15) is 5.56 Å². The van der Waals surface area contributed by atoms with Gasteiger partial charge in [0.15, 0.2) is 11.3 Å². The Morgan fingerprint density at radius 1 is 0.656 bits per heavy atom. The standard InChI is InChI=1S/C22H18F3N5O.C15H12F3N3.C7H8N2O.C2H6/c1-12-13(2)26-10-8-17(12)28-21(31)19-14(3)29-30-11-9-18(27-20(19)30)15-6-4-5-7-16(15)22(23,24)25;1-9-10(2)20-21-8-7-13(19-14(9)21)11-5-3-4-6-12(11)15(16,17)18;1-6-2-7(9-5-10)4-8-3-6;1-2/h4-11H,1-3H3,(H,26,28,31);3-8H,1-2H3;2-5H,1H3,(H,9,10);1-2H3. The zero-order valence-electron chi connectivity index (χ0n) is 36.1. The van der Waals surface area contributed by atoms with E-state index >= 15 is 0 Å². The molecular weight excluding hydrogens is 839 g/mol. The van der Waals surface area contributed by atoms with Crippen LogP contribution in [0.4, 0.5) is 37.7 Å². The number of nitrogens with zero attached hydrogens (tertiary/aromatic N) is 8. The molecule has 6 heterocycles. The highest BCUT2D eigenvalue weighted by Crippen LogP contribution is 2.38. The summed E-state index contributed by atoms with van der Waals surface area (Å²) >= 11 is 0. The number of rotatable bonds is 6. The predicted octanol–water partition coefficient (Wildman–Crippen LogP) is 11.0. The minimum absolute atomic E-state index is 0.0664. The third-order valence-electron chi connectivity index (χ3n) is 9.66. The summed E-state index contributed by atoms with van der Waals surface area (Å²) in [6.45, 7) is 14.9. The van der Waals surface area contributed by atoms with Crippen LogP contribution in [0.3, 0.4) is 0 Å². The highest BCUT2D eigenvalue weighted by atomic mass is 19.4. The van der Waals surface area contributed by atoms with Crippen molar-refractivity contribution in [2.24, 2.45) is 0 Å². The van der Waals surface area contributed by atoms with E-state index in [1.54, 1.807) is 54.4 Å². The number of pyridine rings is 2. The average Bonchev–Trinajstić information content (AvgIpc) is 3.75. The first kappa shape index (κ1) is 47.5. The van der Waals surface area contributed by atoms with Crippen LogP contribution >= 0.6 is 0 Å². The number of nitrogens with one attached hydrogen (secondary N) is 2. The minimum Gasteiger partial charge on any atom is -0.327 e. The van der Waals surface area contributed by atoms with Crippen LogP contribution in [-0.2, 0) is 17.1 Å². The molecule has 0 radical (unpaired) electrons. The summed E-state index contributed by atoms with van der Waals surface area (Å²) in [4.78, 5) is 39.8. The zero-order chi connectivity index (χ0) is 46.9. The maximum Gasteiger partial charge on any atom is 0.417 e. The second-order valence-corrected chi connectivity index (χ2v) is 14.0. The fraction of sp³-hybridized carbons (Fsp3) is 0.217. The van der Waals surface area contributed by atoms with Crippen molar-refractivity contribution in [3.63, 3.8) is 0 Å². The van der Waals surface area contributed by atoms with Crippen LogP contribution in [0.25, 0.3) is 33.8 Å². The molecule has 12 nitrogen and oxygen atoms in total. The van der Waals surface area contributed by atoms with Crippen molar-refractivity contribution in [3.8, 4) is 22.5 Å². The number of fused-ring (bicyclic) bond motifs is 2. The van der Waals surface area contributed by atoms with Gasteiger partial charge in [-0.2, -0.15) is 36.5 Å². The lowest BCUT2D eigenvalue weighted by Gasteiger charge is -2.12. The minimum atomic E-state index is -4.53. The number of amides is 2. The van der Waals surface area contributed by atoms with E-state index in [9.17, 15) is 35.9 Å². The molecule has 8 rings (SSSR count). The quantitative estimate of drug-likeness (QED) is 0.124. The van der Waals surface area contributed by atoms with Crippen LogP contribution in [0.5, 0.6) is 0 Å². The number of aryl methyl sites for hydroxylation is 5. The van der Waals surface area contributed by atoms with Gasteiger partial charge in [0.25, 0.3) is 5.91 Å². The maximum atomic E-state index is 13.5. The molecule has 2 aromatic carbocycles. The molecule has 2 N–H and O–H groups in total. The second kappa shape index (κ2) is 20.1. The molecule has 0 saturated heterocycles. The lowest BCUT2D eigenvalue weighted by molar-refractivity contribution is -0.137. The molecule has 0 aliphatic heterocycles. The summed E-state index contributed by atoms with van der Waals surface area (Å²) in [7, 11) is 0. The average molecular weight is 883 g/mol. The van der Waals surface area contributed by atoms with Gasteiger partial charge in [0.05, 0.1) is 45.8 Å². The van der Waals surface area contributed by atoms with Crippen molar-refractivity contribution in [1.29, 1.82) is 0 Å². The monoisotopic (exact) mass is 882 g/mol. The molecule has 0 aliphatic carbocycles. The van der Waals surface area contributed by atoms with Crippen LogP contribution in [0, 0.1) is 41.5 Å². The summed E-state index contributed by atoms with van der Waals surface area (Å²) in [6, 6.07) is 17.2. The molecule has 0 fully saturated rings. The first-order valence-corrected chi connectivity index (χ1v) is 19.7. The molecule has 0 spiro atoms. The van der Waals surface area contributed by atoms with E-state index in [2.05, 4.69) is 40.8 Å². The number of anilines is 2. The summed E-state index contributed by atoms with van der Waals surface area (Å²) in [5.41, 5.74) is 5.90. The Kier molecular flexibility index (Phi) is 15.0. The third kappa shape index (κ3) is 10.9. The van der Waals surface area contributed by atoms with Crippen LogP contribution < -0.4 is 10.6 Å². The number of carbonyl (C=O) groups excluding carboxylic acids is 2. The number of hydrogen-bond donors (Lipinski definition) is 2. The van der Waals surface area contributed by atoms with Gasteiger partial charge in [0, 0.05) is 52.9 Å². The summed E-state index contributed by atoms with van der Waals surface area (Å²) < 4.78 is 82.6. The van der Waals surface area contributed by atoms with Gasteiger partial charge in [-0.3, -0.25) is 19.6 Å². The first-order chi connectivity index (χ1) is 30.4. The van der Waals surface area contributed by atoms with Crippen molar-refractivity contribution >= 4 is 35.0 Å². The van der Waals surface area contributed by atoms with Crippen molar-refractivity contribution in [1.82, 2.24) is 39.2 Å². The molecule has 8 aromatic rings. The molecule has 64 heavy (non-hydrogen) atoms. The molecule has 2 amide bonds. The molecule has 18 heteroatoms. The van der Waals surface area contributed by atoms with Gasteiger partial charge < -0.3 is 10.6 Å². The second-order valence-electron chi connectivity index (χ2n) is 14.0. The molecule has 0 saturated carbocycles. The SMILES string of the molecule is CC.Cc1cncc(NC=O)c1.Cc1nccc(NC(=O)c2c(C)nn3ccc(-c4ccccc4C(F)(F)F)nc23)c1C.Cc1nn2ccc(-c3ccccc3C(F)(F)F)nc2c1C. The zero-order valence-corrected chi connectivity index (χ0v) is 36.1. The molecule has 332 valence electrons. The fourth-order valence-corrected chi connectivity index (χ4v) is 6.32. The number of halogens is 6. The Bertz CT molecular complexity index is 2920. The number of carbonyl (C=O) groups is 2. The Hall–Kier alpha value is -7.50. The first-order valence-electron chi connectivity index (χ1n) is 19.7. The van der Waals surface area contributed by atoms with Crippen LogP contribution in [0.2, 0.25) is 0 Å². The number of aromatic nitrogens is 8.